The molecule has 0 spiro atoms. The molecule has 0 saturated carbocycles. The highest BCUT2D eigenvalue weighted by molar-refractivity contribution is 8.01. The number of esters is 1. The van der Waals surface area contributed by atoms with Gasteiger partial charge in [0.15, 0.2) is 0 Å². The lowest BCUT2D eigenvalue weighted by atomic mass is 9.99. The Labute approximate surface area is 123 Å². The van der Waals surface area contributed by atoms with Crippen molar-refractivity contribution in [3.8, 4) is 0 Å². The van der Waals surface area contributed by atoms with Crippen molar-refractivity contribution >= 4 is 29.1 Å². The summed E-state index contributed by atoms with van der Waals surface area (Å²) in [4.78, 5) is 11.9. The van der Waals surface area contributed by atoms with Gasteiger partial charge in [-0.1, -0.05) is 20.8 Å². The van der Waals surface area contributed by atoms with Gasteiger partial charge in [0.25, 0.3) is 0 Å². The van der Waals surface area contributed by atoms with Gasteiger partial charge in [-0.05, 0) is 29.3 Å². The predicted molar refractivity (Wildman–Crippen MR) is 80.8 cm³/mol. The van der Waals surface area contributed by atoms with Crippen LogP contribution in [0.25, 0.3) is 0 Å². The molecule has 3 atom stereocenters. The Morgan fingerprint density at radius 3 is 2.89 bits per heavy atom. The average Bonchev–Trinajstić information content (AvgIpc) is 2.82. The third-order valence-electron chi connectivity index (χ3n) is 3.41. The van der Waals surface area contributed by atoms with Gasteiger partial charge < -0.3 is 4.74 Å². The molecule has 1 aliphatic heterocycles. The molecule has 0 fully saturated rings. The number of fused-ring (bicyclic) bond motifs is 1. The van der Waals surface area contributed by atoms with Crippen molar-refractivity contribution in [1.29, 1.82) is 0 Å². The van der Waals surface area contributed by atoms with Crippen molar-refractivity contribution in [2.45, 2.75) is 48.7 Å². The van der Waals surface area contributed by atoms with Crippen LogP contribution in [-0.2, 0) is 9.53 Å². The fraction of sp³-hybridized carbons (Fsp3) is 0.643. The van der Waals surface area contributed by atoms with Crippen molar-refractivity contribution in [3.63, 3.8) is 0 Å². The first-order valence-corrected chi connectivity index (χ1v) is 8.36. The van der Waals surface area contributed by atoms with Crippen molar-refractivity contribution in [2.75, 3.05) is 7.11 Å². The smallest absolute Gasteiger partial charge is 0.323 e. The van der Waals surface area contributed by atoms with Crippen LogP contribution in [0.5, 0.6) is 0 Å². The minimum atomic E-state index is -0.238. The zero-order chi connectivity index (χ0) is 14.0. The molecule has 0 radical (unpaired) electrons. The third-order valence-corrected chi connectivity index (χ3v) is 5.76. The van der Waals surface area contributed by atoms with E-state index in [9.17, 15) is 4.79 Å². The second kappa shape index (κ2) is 6.29. The van der Waals surface area contributed by atoms with E-state index in [0.29, 0.717) is 5.25 Å². The molecule has 1 aliphatic rings. The van der Waals surface area contributed by atoms with E-state index in [4.69, 9.17) is 4.74 Å². The summed E-state index contributed by atoms with van der Waals surface area (Å²) >= 11 is 3.72. The lowest BCUT2D eigenvalue weighted by Crippen LogP contribution is -2.44. The first kappa shape index (κ1) is 14.9. The van der Waals surface area contributed by atoms with Crippen molar-refractivity contribution in [1.82, 2.24) is 5.32 Å². The van der Waals surface area contributed by atoms with Crippen LogP contribution in [0, 0.1) is 5.92 Å². The SMILES string of the molecule is COC(=O)C(NC1C[C@H](C)Sc2sccc21)C(C)C. The molecule has 3 nitrogen and oxygen atoms in total. The maximum atomic E-state index is 11.9. The molecule has 0 bridgehead atoms. The normalized spacial score (nSPS) is 24.1. The number of ether oxygens (including phenoxy) is 1. The summed E-state index contributed by atoms with van der Waals surface area (Å²) in [5, 5.41) is 6.21. The molecule has 2 rings (SSSR count). The van der Waals surface area contributed by atoms with Gasteiger partial charge in [-0.25, -0.2) is 0 Å². The Hall–Kier alpha value is -0.520. The Kier molecular flexibility index (Phi) is 4.92. The standard InChI is InChI=1S/C14H21NO2S2/c1-8(2)12(13(16)17-4)15-11-7-9(3)19-14-10(11)5-6-18-14/h5-6,8-9,11-12,15H,7H2,1-4H3/t9-,11?,12?/m0/s1. The molecule has 1 aromatic rings. The monoisotopic (exact) mass is 299 g/mol. The number of thioether (sulfide) groups is 1. The molecule has 1 N–H and O–H groups in total. The van der Waals surface area contributed by atoms with E-state index in [0.717, 1.165) is 6.42 Å². The van der Waals surface area contributed by atoms with Gasteiger partial charge in [0.1, 0.15) is 6.04 Å². The van der Waals surface area contributed by atoms with Crippen molar-refractivity contribution < 1.29 is 9.53 Å². The average molecular weight is 299 g/mol. The van der Waals surface area contributed by atoms with Crippen LogP contribution in [0.3, 0.4) is 0 Å². The van der Waals surface area contributed by atoms with E-state index in [2.05, 4.69) is 23.7 Å². The van der Waals surface area contributed by atoms with Crippen LogP contribution in [0.1, 0.15) is 38.8 Å². The van der Waals surface area contributed by atoms with E-state index in [1.54, 1.807) is 11.3 Å². The number of hydrogen-bond donors (Lipinski definition) is 1. The number of rotatable bonds is 4. The largest absolute Gasteiger partial charge is 0.468 e. The zero-order valence-corrected chi connectivity index (χ0v) is 13.4. The molecular weight excluding hydrogens is 278 g/mol. The molecule has 19 heavy (non-hydrogen) atoms. The summed E-state index contributed by atoms with van der Waals surface area (Å²) in [5.74, 6) is 0.0529. The van der Waals surface area contributed by atoms with Gasteiger partial charge in [0.2, 0.25) is 0 Å². The number of carbonyl (C=O) groups excluding carboxylic acids is 1. The number of methoxy groups -OCH3 is 1. The minimum Gasteiger partial charge on any atom is -0.468 e. The molecule has 0 amide bonds. The van der Waals surface area contributed by atoms with Crippen LogP contribution >= 0.6 is 23.1 Å². The Balaban J connectivity index is 2.16. The maximum Gasteiger partial charge on any atom is 0.323 e. The van der Waals surface area contributed by atoms with E-state index in [-0.39, 0.29) is 24.0 Å². The predicted octanol–water partition coefficient (Wildman–Crippen LogP) is 3.46. The van der Waals surface area contributed by atoms with Gasteiger partial charge in [0.05, 0.1) is 11.3 Å². The Morgan fingerprint density at radius 1 is 1.53 bits per heavy atom. The number of carbonyl (C=O) groups is 1. The zero-order valence-electron chi connectivity index (χ0n) is 11.8. The van der Waals surface area contributed by atoms with Gasteiger partial charge >= 0.3 is 5.97 Å². The lowest BCUT2D eigenvalue weighted by molar-refractivity contribution is -0.144. The van der Waals surface area contributed by atoms with Crippen LogP contribution in [0.2, 0.25) is 0 Å². The van der Waals surface area contributed by atoms with Crippen LogP contribution in [-0.4, -0.2) is 24.4 Å². The fourth-order valence-electron chi connectivity index (χ4n) is 2.38. The second-order valence-electron chi connectivity index (χ2n) is 5.29. The van der Waals surface area contributed by atoms with Crippen LogP contribution in [0.4, 0.5) is 0 Å². The van der Waals surface area contributed by atoms with Crippen LogP contribution in [0.15, 0.2) is 15.7 Å². The second-order valence-corrected chi connectivity index (χ2v) is 7.91. The highest BCUT2D eigenvalue weighted by atomic mass is 32.2. The quantitative estimate of drug-likeness (QED) is 0.864. The fourth-order valence-corrected chi connectivity index (χ4v) is 4.95. The molecular formula is C14H21NO2S2. The van der Waals surface area contributed by atoms with Crippen molar-refractivity contribution in [2.24, 2.45) is 5.92 Å². The highest BCUT2D eigenvalue weighted by Gasteiger charge is 2.31. The number of nitrogens with one attached hydrogen (secondary N) is 1. The first-order chi connectivity index (χ1) is 9.02. The van der Waals surface area contributed by atoms with E-state index < -0.39 is 0 Å². The molecule has 2 heterocycles. The summed E-state index contributed by atoms with van der Waals surface area (Å²) in [6.45, 7) is 6.33. The molecule has 0 saturated heterocycles. The van der Waals surface area contributed by atoms with E-state index in [1.807, 2.05) is 25.6 Å². The summed E-state index contributed by atoms with van der Waals surface area (Å²) in [6.07, 6.45) is 1.05. The molecule has 2 unspecified atom stereocenters. The first-order valence-electron chi connectivity index (χ1n) is 6.60. The number of hydrogen-bond acceptors (Lipinski definition) is 5. The van der Waals surface area contributed by atoms with Gasteiger partial charge in [-0.3, -0.25) is 10.1 Å². The van der Waals surface area contributed by atoms with Crippen molar-refractivity contribution in [3.05, 3.63) is 17.0 Å². The van der Waals surface area contributed by atoms with Gasteiger partial charge in [-0.15, -0.1) is 23.1 Å². The molecule has 0 aromatic carbocycles. The summed E-state index contributed by atoms with van der Waals surface area (Å²) in [5.41, 5.74) is 1.34. The Morgan fingerprint density at radius 2 is 2.26 bits per heavy atom. The summed E-state index contributed by atoms with van der Waals surface area (Å²) in [7, 11) is 1.45. The maximum absolute atomic E-state index is 11.9. The topological polar surface area (TPSA) is 38.3 Å². The molecule has 5 heteroatoms. The summed E-state index contributed by atoms with van der Waals surface area (Å²) in [6, 6.07) is 2.19. The third kappa shape index (κ3) is 3.33. The summed E-state index contributed by atoms with van der Waals surface area (Å²) < 4.78 is 6.29. The van der Waals surface area contributed by atoms with E-state index in [1.165, 1.54) is 16.9 Å². The highest BCUT2D eigenvalue weighted by Crippen LogP contribution is 2.44. The molecule has 1 aromatic heterocycles. The molecule has 106 valence electrons. The Bertz CT molecular complexity index is 444. The molecule has 0 aliphatic carbocycles. The number of thiophene rings is 1. The van der Waals surface area contributed by atoms with E-state index >= 15 is 0 Å². The van der Waals surface area contributed by atoms with Gasteiger partial charge in [0, 0.05) is 11.3 Å². The van der Waals surface area contributed by atoms with Crippen LogP contribution < -0.4 is 5.32 Å². The van der Waals surface area contributed by atoms with Gasteiger partial charge in [-0.2, -0.15) is 0 Å². The lowest BCUT2D eigenvalue weighted by Gasteiger charge is -2.31. The minimum absolute atomic E-state index is 0.169.